The van der Waals surface area contributed by atoms with E-state index in [0.717, 1.165) is 0 Å². The second kappa shape index (κ2) is 7.09. The molecule has 2 aromatic rings. The monoisotopic (exact) mass is 284 g/mol. The smallest absolute Gasteiger partial charge is 0.271 e. The van der Waals surface area contributed by atoms with Gasteiger partial charge in [0.15, 0.2) is 5.71 Å². The Morgan fingerprint density at radius 3 is 2.43 bits per heavy atom. The lowest BCUT2D eigenvalue weighted by molar-refractivity contribution is -0.112. The first-order valence-corrected chi connectivity index (χ1v) is 6.54. The summed E-state index contributed by atoms with van der Waals surface area (Å²) < 4.78 is 5.78. The minimum absolute atomic E-state index is 0.0309. The number of nitrogens with two attached hydrogens (primary N) is 1. The summed E-state index contributed by atoms with van der Waals surface area (Å²) in [6.45, 7) is 2.12. The lowest BCUT2D eigenvalue weighted by atomic mass is 10.1. The quantitative estimate of drug-likeness (QED) is 0.654. The van der Waals surface area contributed by atoms with Crippen molar-refractivity contribution in [3.05, 3.63) is 60.2 Å². The number of para-hydroxylation sites is 2. The summed E-state index contributed by atoms with van der Waals surface area (Å²) in [5.74, 6) is 0.471. The molecule has 0 heterocycles. The number of oxime groups is 1. The molecule has 0 saturated heterocycles. The van der Waals surface area contributed by atoms with E-state index in [-0.39, 0.29) is 5.71 Å². The predicted octanol–water partition coefficient (Wildman–Crippen LogP) is 2.70. The van der Waals surface area contributed by atoms with Crippen molar-refractivity contribution >= 4 is 11.6 Å². The Balaban J connectivity index is 2.37. The van der Waals surface area contributed by atoms with E-state index in [2.05, 4.69) is 5.16 Å². The van der Waals surface area contributed by atoms with Crippen molar-refractivity contribution in [1.82, 2.24) is 0 Å². The molecule has 1 amide bonds. The zero-order valence-corrected chi connectivity index (χ0v) is 11.7. The van der Waals surface area contributed by atoms with E-state index in [1.165, 1.54) is 0 Å². The Morgan fingerprint density at radius 2 is 1.76 bits per heavy atom. The summed E-state index contributed by atoms with van der Waals surface area (Å²) >= 11 is 0. The highest BCUT2D eigenvalue weighted by molar-refractivity contribution is 6.45. The third kappa shape index (κ3) is 3.82. The molecule has 0 saturated carbocycles. The van der Waals surface area contributed by atoms with E-state index in [1.807, 2.05) is 30.3 Å². The average Bonchev–Trinajstić information content (AvgIpc) is 2.50. The normalized spacial score (nSPS) is 11.0. The number of carbonyl (C=O) groups is 1. The summed E-state index contributed by atoms with van der Waals surface area (Å²) in [5.41, 5.74) is 5.89. The van der Waals surface area contributed by atoms with E-state index in [4.69, 9.17) is 15.3 Å². The highest BCUT2D eigenvalue weighted by Crippen LogP contribution is 2.25. The third-order valence-electron chi connectivity index (χ3n) is 2.63. The van der Waals surface area contributed by atoms with E-state index < -0.39 is 5.91 Å². The summed E-state index contributed by atoms with van der Waals surface area (Å²) in [6, 6.07) is 16.3. The second-order valence-corrected chi connectivity index (χ2v) is 4.13. The van der Waals surface area contributed by atoms with Gasteiger partial charge < -0.3 is 15.3 Å². The van der Waals surface area contributed by atoms with E-state index in [1.54, 1.807) is 31.2 Å². The van der Waals surface area contributed by atoms with Crippen molar-refractivity contribution in [2.24, 2.45) is 10.9 Å². The molecule has 0 spiro atoms. The van der Waals surface area contributed by atoms with Gasteiger partial charge in [0.05, 0.1) is 5.56 Å². The molecular formula is C16H16N2O3. The van der Waals surface area contributed by atoms with Crippen LogP contribution in [0.2, 0.25) is 0 Å². The van der Waals surface area contributed by atoms with E-state index >= 15 is 0 Å². The van der Waals surface area contributed by atoms with Crippen molar-refractivity contribution in [1.29, 1.82) is 0 Å². The lowest BCUT2D eigenvalue weighted by Crippen LogP contribution is -2.25. The van der Waals surface area contributed by atoms with Gasteiger partial charge >= 0.3 is 0 Å². The molecular weight excluding hydrogens is 268 g/mol. The molecule has 0 bridgehead atoms. The zero-order valence-electron chi connectivity index (χ0n) is 11.7. The topological polar surface area (TPSA) is 73.9 Å². The largest absolute Gasteiger partial charge is 0.457 e. The van der Waals surface area contributed by atoms with Crippen molar-refractivity contribution in [2.45, 2.75) is 6.92 Å². The molecule has 0 aliphatic rings. The Kier molecular flexibility index (Phi) is 4.93. The highest BCUT2D eigenvalue weighted by Gasteiger charge is 2.17. The number of hydrogen-bond acceptors (Lipinski definition) is 4. The van der Waals surface area contributed by atoms with Gasteiger partial charge in [-0.3, -0.25) is 4.79 Å². The van der Waals surface area contributed by atoms with Gasteiger partial charge in [-0.25, -0.2) is 0 Å². The van der Waals surface area contributed by atoms with Gasteiger partial charge in [0, 0.05) is 0 Å². The van der Waals surface area contributed by atoms with Crippen molar-refractivity contribution in [3.8, 4) is 11.5 Å². The fourth-order valence-electron chi connectivity index (χ4n) is 1.72. The van der Waals surface area contributed by atoms with Gasteiger partial charge in [-0.15, -0.1) is 0 Å². The minimum atomic E-state index is -0.674. The summed E-state index contributed by atoms with van der Waals surface area (Å²) in [5, 5.41) is 3.78. The predicted molar refractivity (Wildman–Crippen MR) is 80.3 cm³/mol. The zero-order chi connectivity index (χ0) is 15.1. The van der Waals surface area contributed by atoms with Gasteiger partial charge in [-0.05, 0) is 31.2 Å². The van der Waals surface area contributed by atoms with Crippen molar-refractivity contribution in [2.75, 3.05) is 6.61 Å². The average molecular weight is 284 g/mol. The molecule has 0 aromatic heterocycles. The number of hydrogen-bond donors (Lipinski definition) is 1. The van der Waals surface area contributed by atoms with Gasteiger partial charge in [0.1, 0.15) is 18.1 Å². The van der Waals surface area contributed by atoms with Gasteiger partial charge in [-0.1, -0.05) is 35.5 Å². The van der Waals surface area contributed by atoms with Crippen molar-refractivity contribution in [3.63, 3.8) is 0 Å². The molecule has 2 N–H and O–H groups in total. The van der Waals surface area contributed by atoms with Crippen LogP contribution in [0.25, 0.3) is 0 Å². The first-order valence-electron chi connectivity index (χ1n) is 6.54. The standard InChI is InChI=1S/C16H16N2O3/c1-2-20-18-15(16(17)19)13-10-6-7-11-14(13)21-12-8-4-3-5-9-12/h3-11H,2H2,1H3,(H2,17,19). The SMILES string of the molecule is CCON=C(C(N)=O)c1ccccc1Oc1ccccc1. The number of amides is 1. The van der Waals surface area contributed by atoms with Crippen LogP contribution in [0.1, 0.15) is 12.5 Å². The number of rotatable bonds is 6. The van der Waals surface area contributed by atoms with Crippen LogP contribution in [0.4, 0.5) is 0 Å². The molecule has 0 fully saturated rings. The molecule has 5 nitrogen and oxygen atoms in total. The fourth-order valence-corrected chi connectivity index (χ4v) is 1.72. The highest BCUT2D eigenvalue weighted by atomic mass is 16.6. The van der Waals surface area contributed by atoms with Crippen LogP contribution >= 0.6 is 0 Å². The van der Waals surface area contributed by atoms with Crippen LogP contribution < -0.4 is 10.5 Å². The van der Waals surface area contributed by atoms with Crippen LogP contribution in [0.15, 0.2) is 59.8 Å². The molecule has 108 valence electrons. The number of nitrogens with zero attached hydrogens (tertiary/aromatic N) is 1. The molecule has 0 radical (unpaired) electrons. The van der Waals surface area contributed by atoms with Crippen LogP contribution in [-0.2, 0) is 9.63 Å². The van der Waals surface area contributed by atoms with Crippen LogP contribution in [0, 0.1) is 0 Å². The Hall–Kier alpha value is -2.82. The van der Waals surface area contributed by atoms with Crippen LogP contribution in [0.5, 0.6) is 11.5 Å². The molecule has 0 atom stereocenters. The van der Waals surface area contributed by atoms with Crippen molar-refractivity contribution < 1.29 is 14.4 Å². The van der Waals surface area contributed by atoms with Crippen LogP contribution in [0.3, 0.4) is 0 Å². The molecule has 0 aliphatic carbocycles. The Bertz CT molecular complexity index is 639. The van der Waals surface area contributed by atoms with Crippen LogP contribution in [-0.4, -0.2) is 18.2 Å². The lowest BCUT2D eigenvalue weighted by Gasteiger charge is -2.11. The number of benzene rings is 2. The maximum Gasteiger partial charge on any atom is 0.271 e. The maximum atomic E-state index is 11.6. The van der Waals surface area contributed by atoms with E-state index in [9.17, 15) is 4.79 Å². The minimum Gasteiger partial charge on any atom is -0.457 e. The number of ether oxygens (including phenoxy) is 1. The fraction of sp³-hybridized carbons (Fsp3) is 0.125. The first kappa shape index (κ1) is 14.6. The molecule has 0 aliphatic heterocycles. The van der Waals surface area contributed by atoms with Gasteiger partial charge in [0.2, 0.25) is 0 Å². The molecule has 0 unspecified atom stereocenters. The summed E-state index contributed by atoms with van der Waals surface area (Å²) in [6.07, 6.45) is 0. The summed E-state index contributed by atoms with van der Waals surface area (Å²) in [7, 11) is 0. The summed E-state index contributed by atoms with van der Waals surface area (Å²) in [4.78, 5) is 16.5. The molecule has 21 heavy (non-hydrogen) atoms. The molecule has 5 heteroatoms. The van der Waals surface area contributed by atoms with E-state index in [0.29, 0.717) is 23.7 Å². The van der Waals surface area contributed by atoms with Gasteiger partial charge in [0.25, 0.3) is 5.91 Å². The molecule has 2 rings (SSSR count). The molecule has 2 aromatic carbocycles. The first-order chi connectivity index (χ1) is 10.2. The Labute approximate surface area is 123 Å². The number of primary amides is 1. The number of carbonyl (C=O) groups excluding carboxylic acids is 1. The third-order valence-corrected chi connectivity index (χ3v) is 2.63. The maximum absolute atomic E-state index is 11.6. The van der Waals surface area contributed by atoms with Gasteiger partial charge in [-0.2, -0.15) is 0 Å². The second-order valence-electron chi connectivity index (χ2n) is 4.13. The Morgan fingerprint density at radius 1 is 1.10 bits per heavy atom.